The fraction of sp³-hybridized carbons (Fsp3) is 0.579. The number of hydrogen-bond acceptors (Lipinski definition) is 3. The van der Waals surface area contributed by atoms with E-state index >= 15 is 0 Å². The van der Waals surface area contributed by atoms with E-state index in [4.69, 9.17) is 0 Å². The van der Waals surface area contributed by atoms with Crippen LogP contribution in [0.1, 0.15) is 27.7 Å². The van der Waals surface area contributed by atoms with Crippen molar-refractivity contribution in [1.29, 1.82) is 0 Å². The highest BCUT2D eigenvalue weighted by Gasteiger charge is 2.22. The average molecular weight is 491 g/mol. The first-order chi connectivity index (χ1) is 12.3. The fourth-order valence-electron chi connectivity index (χ4n) is 2.90. The summed E-state index contributed by atoms with van der Waals surface area (Å²) in [7, 11) is 0. The molecule has 1 aromatic carbocycles. The number of nitrogens with zero attached hydrogens (tertiary/aromatic N) is 3. The number of aliphatic imine (C=N–C) groups is 1. The summed E-state index contributed by atoms with van der Waals surface area (Å²) in [6.07, 6.45) is 0. The molecule has 1 amide bonds. The first-order valence-corrected chi connectivity index (χ1v) is 9.14. The minimum absolute atomic E-state index is 0. The van der Waals surface area contributed by atoms with E-state index in [-0.39, 0.29) is 47.8 Å². The Labute approximate surface area is 178 Å². The Hall–Kier alpha value is -1.58. The lowest BCUT2D eigenvalue weighted by Crippen LogP contribution is -2.53. The van der Waals surface area contributed by atoms with Crippen LogP contribution in [0.25, 0.3) is 0 Å². The third-order valence-corrected chi connectivity index (χ3v) is 3.99. The average Bonchev–Trinajstić information content (AvgIpc) is 2.58. The van der Waals surface area contributed by atoms with Crippen molar-refractivity contribution in [3.63, 3.8) is 0 Å². The number of rotatable bonds is 4. The second-order valence-corrected chi connectivity index (χ2v) is 7.39. The van der Waals surface area contributed by atoms with E-state index in [1.165, 1.54) is 6.07 Å². The quantitative estimate of drug-likeness (QED) is 0.386. The summed E-state index contributed by atoms with van der Waals surface area (Å²) in [4.78, 5) is 20.6. The van der Waals surface area contributed by atoms with Gasteiger partial charge in [-0.15, -0.1) is 24.0 Å². The Bertz CT molecular complexity index is 639. The van der Waals surface area contributed by atoms with Gasteiger partial charge in [0.15, 0.2) is 5.96 Å². The van der Waals surface area contributed by atoms with Crippen LogP contribution in [0.3, 0.4) is 0 Å². The summed E-state index contributed by atoms with van der Waals surface area (Å²) >= 11 is 0. The van der Waals surface area contributed by atoms with Crippen LogP contribution in [0.2, 0.25) is 0 Å². The molecule has 1 aliphatic rings. The van der Waals surface area contributed by atoms with Crippen molar-refractivity contribution in [3.8, 4) is 0 Å². The normalized spacial score (nSPS) is 15.2. The Morgan fingerprint density at radius 3 is 2.37 bits per heavy atom. The lowest BCUT2D eigenvalue weighted by atomic mass is 10.1. The zero-order chi connectivity index (χ0) is 19.2. The molecule has 0 atom stereocenters. The lowest BCUT2D eigenvalue weighted by molar-refractivity contribution is -0.121. The molecule has 0 aromatic heterocycles. The third kappa shape index (κ3) is 7.51. The van der Waals surface area contributed by atoms with E-state index in [0.717, 1.165) is 25.6 Å². The Balaban J connectivity index is 0.00000364. The zero-order valence-electron chi connectivity index (χ0n) is 16.6. The van der Waals surface area contributed by atoms with Crippen molar-refractivity contribution in [2.24, 2.45) is 4.99 Å². The van der Waals surface area contributed by atoms with Gasteiger partial charge in [-0.05, 0) is 39.8 Å². The molecule has 2 rings (SSSR count). The molecule has 0 unspecified atom stereocenters. The van der Waals surface area contributed by atoms with E-state index in [2.05, 4.69) is 20.5 Å². The van der Waals surface area contributed by atoms with Gasteiger partial charge in [-0.25, -0.2) is 9.38 Å². The van der Waals surface area contributed by atoms with Gasteiger partial charge in [-0.3, -0.25) is 4.79 Å². The van der Waals surface area contributed by atoms with Crippen molar-refractivity contribution in [3.05, 3.63) is 30.1 Å². The standard InChI is InChI=1S/C19H30FN5O.HI/c1-5-21-18(22-14-17(26)23-19(2,3)4)25-12-10-24(11-13-25)16-9-7-6-8-15(16)20;/h6-9H,5,10-14H2,1-4H3,(H,21,22)(H,23,26);1H. The number of para-hydroxylation sites is 1. The molecule has 1 aliphatic heterocycles. The van der Waals surface area contributed by atoms with Crippen LogP contribution in [-0.4, -0.2) is 61.6 Å². The monoisotopic (exact) mass is 491 g/mol. The topological polar surface area (TPSA) is 60.0 Å². The summed E-state index contributed by atoms with van der Waals surface area (Å²) in [6, 6.07) is 6.85. The second kappa shape index (κ2) is 10.7. The summed E-state index contributed by atoms with van der Waals surface area (Å²) in [6.45, 7) is 11.5. The van der Waals surface area contributed by atoms with Crippen LogP contribution < -0.4 is 15.5 Å². The van der Waals surface area contributed by atoms with Crippen LogP contribution in [0.5, 0.6) is 0 Å². The maximum absolute atomic E-state index is 14.0. The summed E-state index contributed by atoms with van der Waals surface area (Å²) in [5, 5.41) is 6.15. The van der Waals surface area contributed by atoms with E-state index in [1.807, 2.05) is 38.7 Å². The molecule has 1 saturated heterocycles. The molecule has 8 heteroatoms. The smallest absolute Gasteiger partial charge is 0.242 e. The van der Waals surface area contributed by atoms with Gasteiger partial charge in [-0.2, -0.15) is 0 Å². The minimum Gasteiger partial charge on any atom is -0.366 e. The summed E-state index contributed by atoms with van der Waals surface area (Å²) in [5.74, 6) is 0.433. The lowest BCUT2D eigenvalue weighted by Gasteiger charge is -2.37. The molecule has 1 fully saturated rings. The highest BCUT2D eigenvalue weighted by Crippen LogP contribution is 2.20. The molecule has 0 spiro atoms. The van der Waals surface area contributed by atoms with Crippen molar-refractivity contribution in [1.82, 2.24) is 15.5 Å². The van der Waals surface area contributed by atoms with Gasteiger partial charge in [0.05, 0.1) is 5.69 Å². The molecule has 1 aromatic rings. The number of carbonyl (C=O) groups is 1. The number of guanidine groups is 1. The van der Waals surface area contributed by atoms with Crippen molar-refractivity contribution < 1.29 is 9.18 Å². The van der Waals surface area contributed by atoms with Gasteiger partial charge in [0, 0.05) is 38.3 Å². The number of anilines is 1. The fourth-order valence-corrected chi connectivity index (χ4v) is 2.90. The molecule has 0 radical (unpaired) electrons. The molecular formula is C19H31FIN5O. The number of amides is 1. The van der Waals surface area contributed by atoms with Crippen LogP contribution in [0.4, 0.5) is 10.1 Å². The zero-order valence-corrected chi connectivity index (χ0v) is 18.9. The van der Waals surface area contributed by atoms with Gasteiger partial charge in [0.25, 0.3) is 0 Å². The van der Waals surface area contributed by atoms with Gasteiger partial charge in [0.2, 0.25) is 5.91 Å². The number of hydrogen-bond donors (Lipinski definition) is 2. The molecule has 0 aliphatic carbocycles. The number of benzene rings is 1. The Morgan fingerprint density at radius 1 is 1.19 bits per heavy atom. The van der Waals surface area contributed by atoms with Crippen LogP contribution in [0, 0.1) is 5.82 Å². The first kappa shape index (κ1) is 23.5. The number of halogens is 2. The van der Waals surface area contributed by atoms with Crippen molar-refractivity contribution in [2.75, 3.05) is 44.2 Å². The molecule has 1 heterocycles. The third-order valence-electron chi connectivity index (χ3n) is 3.99. The van der Waals surface area contributed by atoms with Gasteiger partial charge in [-0.1, -0.05) is 12.1 Å². The molecule has 0 bridgehead atoms. The number of nitrogens with one attached hydrogen (secondary N) is 2. The first-order valence-electron chi connectivity index (χ1n) is 9.14. The van der Waals surface area contributed by atoms with Crippen LogP contribution in [0.15, 0.2) is 29.3 Å². The van der Waals surface area contributed by atoms with E-state index in [9.17, 15) is 9.18 Å². The van der Waals surface area contributed by atoms with E-state index in [1.54, 1.807) is 12.1 Å². The molecule has 0 saturated carbocycles. The molecule has 27 heavy (non-hydrogen) atoms. The maximum atomic E-state index is 14.0. The highest BCUT2D eigenvalue weighted by molar-refractivity contribution is 14.0. The van der Waals surface area contributed by atoms with Gasteiger partial charge in [0.1, 0.15) is 12.4 Å². The molecule has 152 valence electrons. The second-order valence-electron chi connectivity index (χ2n) is 7.39. The Morgan fingerprint density at radius 2 is 1.81 bits per heavy atom. The van der Waals surface area contributed by atoms with Crippen molar-refractivity contribution >= 4 is 41.5 Å². The summed E-state index contributed by atoms with van der Waals surface area (Å²) < 4.78 is 14.0. The largest absolute Gasteiger partial charge is 0.366 e. The van der Waals surface area contributed by atoms with E-state index < -0.39 is 0 Å². The minimum atomic E-state index is -0.268. The molecular weight excluding hydrogens is 460 g/mol. The SMILES string of the molecule is CCNC(=NCC(=O)NC(C)(C)C)N1CCN(c2ccccc2F)CC1.I. The predicted molar refractivity (Wildman–Crippen MR) is 119 cm³/mol. The van der Waals surface area contributed by atoms with Crippen molar-refractivity contribution in [2.45, 2.75) is 33.2 Å². The number of piperazine rings is 1. The van der Waals surface area contributed by atoms with E-state index in [0.29, 0.717) is 18.8 Å². The number of carbonyl (C=O) groups excluding carboxylic acids is 1. The maximum Gasteiger partial charge on any atom is 0.242 e. The van der Waals surface area contributed by atoms with Gasteiger partial charge < -0.3 is 20.4 Å². The highest BCUT2D eigenvalue weighted by atomic mass is 127. The molecule has 6 nitrogen and oxygen atoms in total. The van der Waals surface area contributed by atoms with Gasteiger partial charge >= 0.3 is 0 Å². The Kier molecular flexibility index (Phi) is 9.28. The predicted octanol–water partition coefficient (Wildman–Crippen LogP) is 2.45. The molecule has 2 N–H and O–H groups in total. The summed E-state index contributed by atoms with van der Waals surface area (Å²) in [5.41, 5.74) is 0.370. The van der Waals surface area contributed by atoms with Crippen LogP contribution in [-0.2, 0) is 4.79 Å². The van der Waals surface area contributed by atoms with Crippen LogP contribution >= 0.6 is 24.0 Å².